The van der Waals surface area contributed by atoms with Crippen LogP contribution in [0.3, 0.4) is 0 Å². The van der Waals surface area contributed by atoms with E-state index in [1.54, 1.807) is 7.11 Å². The van der Waals surface area contributed by atoms with E-state index in [4.69, 9.17) is 15.2 Å². The maximum atomic E-state index is 12.2. The van der Waals surface area contributed by atoms with Crippen LogP contribution in [0, 0.1) is 0 Å². The van der Waals surface area contributed by atoms with Crippen LogP contribution < -0.4 is 5.73 Å². The molecule has 2 heterocycles. The molecule has 6 heteroatoms. The van der Waals surface area contributed by atoms with Crippen molar-refractivity contribution in [3.63, 3.8) is 0 Å². The van der Waals surface area contributed by atoms with Crippen LogP contribution in [0.1, 0.15) is 19.3 Å². The smallest absolute Gasteiger partial charge is 0.241 e. The van der Waals surface area contributed by atoms with Crippen LogP contribution in [-0.2, 0) is 14.3 Å². The summed E-state index contributed by atoms with van der Waals surface area (Å²) in [6, 6.07) is -0.537. The molecular weight excluding hydrogens is 258 g/mol. The molecule has 2 saturated heterocycles. The van der Waals surface area contributed by atoms with Crippen molar-refractivity contribution >= 4 is 5.91 Å². The summed E-state index contributed by atoms with van der Waals surface area (Å²) >= 11 is 0. The molecule has 0 saturated carbocycles. The predicted molar refractivity (Wildman–Crippen MR) is 76.5 cm³/mol. The van der Waals surface area contributed by atoms with E-state index < -0.39 is 6.04 Å². The largest absolute Gasteiger partial charge is 0.383 e. The molecule has 6 nitrogen and oxygen atoms in total. The number of hydrogen-bond acceptors (Lipinski definition) is 5. The second kappa shape index (κ2) is 7.93. The fourth-order valence-electron chi connectivity index (χ4n) is 2.94. The van der Waals surface area contributed by atoms with Gasteiger partial charge in [0.1, 0.15) is 6.04 Å². The highest BCUT2D eigenvalue weighted by Gasteiger charge is 2.25. The third-order valence-corrected chi connectivity index (χ3v) is 4.05. The van der Waals surface area contributed by atoms with E-state index in [1.807, 2.05) is 4.90 Å². The summed E-state index contributed by atoms with van der Waals surface area (Å²) in [5, 5.41) is 0. The zero-order valence-corrected chi connectivity index (χ0v) is 12.4. The fourth-order valence-corrected chi connectivity index (χ4v) is 2.94. The van der Waals surface area contributed by atoms with Crippen LogP contribution in [-0.4, -0.2) is 80.9 Å². The maximum Gasteiger partial charge on any atom is 0.241 e. The molecule has 2 aliphatic heterocycles. The molecule has 20 heavy (non-hydrogen) atoms. The monoisotopic (exact) mass is 285 g/mol. The lowest BCUT2D eigenvalue weighted by molar-refractivity contribution is -0.133. The second-order valence-corrected chi connectivity index (χ2v) is 5.68. The van der Waals surface area contributed by atoms with E-state index in [-0.39, 0.29) is 12.5 Å². The highest BCUT2D eigenvalue weighted by Crippen LogP contribution is 2.14. The molecule has 1 amide bonds. The number of nitrogens with two attached hydrogens (primary N) is 1. The van der Waals surface area contributed by atoms with Gasteiger partial charge in [0.15, 0.2) is 0 Å². The minimum absolute atomic E-state index is 0.00539. The average molecular weight is 285 g/mol. The first-order valence-corrected chi connectivity index (χ1v) is 7.58. The summed E-state index contributed by atoms with van der Waals surface area (Å²) < 4.78 is 10.6. The van der Waals surface area contributed by atoms with Crippen molar-refractivity contribution in [2.24, 2.45) is 5.73 Å². The Morgan fingerprint density at radius 2 is 2.20 bits per heavy atom. The van der Waals surface area contributed by atoms with Gasteiger partial charge in [0.25, 0.3) is 0 Å². The van der Waals surface area contributed by atoms with Crippen molar-refractivity contribution in [2.75, 3.05) is 53.0 Å². The van der Waals surface area contributed by atoms with Gasteiger partial charge < -0.3 is 20.1 Å². The number of amides is 1. The van der Waals surface area contributed by atoms with Gasteiger partial charge in [0, 0.05) is 39.9 Å². The first-order valence-electron chi connectivity index (χ1n) is 7.58. The third kappa shape index (κ3) is 4.41. The molecule has 0 aromatic heterocycles. The molecule has 0 bridgehead atoms. The lowest BCUT2D eigenvalue weighted by Gasteiger charge is -2.25. The van der Waals surface area contributed by atoms with E-state index in [2.05, 4.69) is 4.90 Å². The van der Waals surface area contributed by atoms with Crippen molar-refractivity contribution in [1.29, 1.82) is 0 Å². The molecule has 0 aromatic carbocycles. The standard InChI is InChI=1S/C14H27N3O3/c1-19-11-13(15)14(18)17-6-3-5-16(7-8-17)10-12-4-2-9-20-12/h12-13H,2-11,15H2,1H3. The number of rotatable bonds is 5. The molecule has 116 valence electrons. The fraction of sp³-hybridized carbons (Fsp3) is 0.929. The normalized spacial score (nSPS) is 26.5. The molecule has 2 N–H and O–H groups in total. The molecule has 0 spiro atoms. The van der Waals surface area contributed by atoms with Gasteiger partial charge >= 0.3 is 0 Å². The SMILES string of the molecule is COCC(N)C(=O)N1CCCN(CC2CCCO2)CC1. The lowest BCUT2D eigenvalue weighted by atomic mass is 10.2. The van der Waals surface area contributed by atoms with Crippen LogP contribution in [0.2, 0.25) is 0 Å². The first-order chi connectivity index (χ1) is 9.70. The van der Waals surface area contributed by atoms with E-state index >= 15 is 0 Å². The van der Waals surface area contributed by atoms with Gasteiger partial charge in [-0.15, -0.1) is 0 Å². The summed E-state index contributed by atoms with van der Waals surface area (Å²) in [5.41, 5.74) is 5.83. The van der Waals surface area contributed by atoms with Crippen molar-refractivity contribution < 1.29 is 14.3 Å². The highest BCUT2D eigenvalue weighted by atomic mass is 16.5. The summed E-state index contributed by atoms with van der Waals surface area (Å²) in [6.07, 6.45) is 3.72. The van der Waals surface area contributed by atoms with Crippen LogP contribution in [0.15, 0.2) is 0 Å². The quantitative estimate of drug-likeness (QED) is 0.749. The van der Waals surface area contributed by atoms with Gasteiger partial charge in [-0.2, -0.15) is 0 Å². The van der Waals surface area contributed by atoms with E-state index in [1.165, 1.54) is 6.42 Å². The predicted octanol–water partition coefficient (Wildman–Crippen LogP) is -0.327. The number of nitrogens with zero attached hydrogens (tertiary/aromatic N) is 2. The number of ether oxygens (including phenoxy) is 2. The van der Waals surface area contributed by atoms with Crippen LogP contribution in [0.5, 0.6) is 0 Å². The number of carbonyl (C=O) groups is 1. The summed E-state index contributed by atoms with van der Waals surface area (Å²) in [4.78, 5) is 16.5. The van der Waals surface area contributed by atoms with Crippen LogP contribution in [0.4, 0.5) is 0 Å². The maximum absolute atomic E-state index is 12.2. The van der Waals surface area contributed by atoms with Gasteiger partial charge in [-0.05, 0) is 25.8 Å². The zero-order valence-electron chi connectivity index (χ0n) is 12.4. The molecule has 2 atom stereocenters. The topological polar surface area (TPSA) is 68.0 Å². The zero-order chi connectivity index (χ0) is 14.4. The number of methoxy groups -OCH3 is 1. The lowest BCUT2D eigenvalue weighted by Crippen LogP contribution is -2.47. The molecule has 2 fully saturated rings. The minimum atomic E-state index is -0.537. The van der Waals surface area contributed by atoms with Gasteiger partial charge in [-0.25, -0.2) is 0 Å². The first kappa shape index (κ1) is 15.7. The average Bonchev–Trinajstić information content (AvgIpc) is 2.83. The van der Waals surface area contributed by atoms with Crippen molar-refractivity contribution in [3.8, 4) is 0 Å². The Morgan fingerprint density at radius 3 is 2.90 bits per heavy atom. The van der Waals surface area contributed by atoms with Crippen LogP contribution >= 0.6 is 0 Å². The molecular formula is C14H27N3O3. The highest BCUT2D eigenvalue weighted by molar-refractivity contribution is 5.81. The Balaban J connectivity index is 1.77. The Kier molecular flexibility index (Phi) is 6.22. The van der Waals surface area contributed by atoms with E-state index in [0.717, 1.165) is 52.2 Å². The van der Waals surface area contributed by atoms with Gasteiger partial charge in [-0.3, -0.25) is 9.69 Å². The summed E-state index contributed by atoms with van der Waals surface area (Å²) in [6.45, 7) is 5.66. The Morgan fingerprint density at radius 1 is 1.35 bits per heavy atom. The molecule has 2 aliphatic rings. The van der Waals surface area contributed by atoms with Crippen LogP contribution in [0.25, 0.3) is 0 Å². The minimum Gasteiger partial charge on any atom is -0.383 e. The summed E-state index contributed by atoms with van der Waals surface area (Å²) in [5.74, 6) is 0.00539. The molecule has 0 radical (unpaired) electrons. The van der Waals surface area contributed by atoms with E-state index in [9.17, 15) is 4.79 Å². The molecule has 0 aliphatic carbocycles. The van der Waals surface area contributed by atoms with Gasteiger partial charge in [0.2, 0.25) is 5.91 Å². The molecule has 2 rings (SSSR count). The second-order valence-electron chi connectivity index (χ2n) is 5.68. The summed E-state index contributed by atoms with van der Waals surface area (Å²) in [7, 11) is 1.57. The third-order valence-electron chi connectivity index (χ3n) is 4.05. The number of hydrogen-bond donors (Lipinski definition) is 1. The Bertz CT molecular complexity index is 308. The van der Waals surface area contributed by atoms with Gasteiger partial charge in [-0.1, -0.05) is 0 Å². The Labute approximate surface area is 121 Å². The Hall–Kier alpha value is -0.690. The van der Waals surface area contributed by atoms with Crippen molar-refractivity contribution in [3.05, 3.63) is 0 Å². The molecule has 0 aromatic rings. The van der Waals surface area contributed by atoms with E-state index in [0.29, 0.717) is 6.10 Å². The van der Waals surface area contributed by atoms with Gasteiger partial charge in [0.05, 0.1) is 12.7 Å². The van der Waals surface area contributed by atoms with Crippen molar-refractivity contribution in [2.45, 2.75) is 31.4 Å². The molecule has 2 unspecified atom stereocenters. The van der Waals surface area contributed by atoms with Crippen molar-refractivity contribution in [1.82, 2.24) is 9.80 Å². The number of carbonyl (C=O) groups excluding carboxylic acids is 1.